The molecular formula is C12H24N2. The van der Waals surface area contributed by atoms with Crippen molar-refractivity contribution in [1.29, 1.82) is 0 Å². The maximum absolute atomic E-state index is 3.53. The highest BCUT2D eigenvalue weighted by atomic mass is 15.2. The number of nitrogens with zero attached hydrogens (tertiary/aromatic N) is 1. The third kappa shape index (κ3) is 2.12. The molecule has 2 fully saturated rings. The largest absolute Gasteiger partial charge is 0.315 e. The normalized spacial score (nSPS) is 33.9. The van der Waals surface area contributed by atoms with E-state index in [1.807, 2.05) is 0 Å². The smallest absolute Gasteiger partial charge is 0.0195 e. The van der Waals surface area contributed by atoms with Crippen molar-refractivity contribution in [3.05, 3.63) is 0 Å². The van der Waals surface area contributed by atoms with Crippen LogP contribution >= 0.6 is 0 Å². The molecule has 0 amide bonds. The molecule has 1 saturated heterocycles. The first-order chi connectivity index (χ1) is 6.81. The van der Waals surface area contributed by atoms with Crippen molar-refractivity contribution in [2.24, 2.45) is 5.92 Å². The first kappa shape index (κ1) is 10.4. The molecule has 0 aromatic rings. The van der Waals surface area contributed by atoms with Gasteiger partial charge in [0.1, 0.15) is 0 Å². The molecule has 2 nitrogen and oxygen atoms in total. The average Bonchev–Trinajstić information content (AvgIpc) is 2.79. The molecule has 1 N–H and O–H groups in total. The van der Waals surface area contributed by atoms with Gasteiger partial charge in [-0.1, -0.05) is 6.92 Å². The van der Waals surface area contributed by atoms with Crippen LogP contribution in [0.1, 0.15) is 39.5 Å². The van der Waals surface area contributed by atoms with Gasteiger partial charge in [0.25, 0.3) is 0 Å². The molecule has 1 saturated carbocycles. The van der Waals surface area contributed by atoms with Crippen LogP contribution in [0.3, 0.4) is 0 Å². The minimum atomic E-state index is 0.747. The number of hydrogen-bond donors (Lipinski definition) is 1. The summed E-state index contributed by atoms with van der Waals surface area (Å²) in [6.45, 7) is 8.34. The number of nitrogens with one attached hydrogen (secondary N) is 1. The molecule has 3 atom stereocenters. The number of piperidine rings is 1. The van der Waals surface area contributed by atoms with Gasteiger partial charge < -0.3 is 5.32 Å². The molecule has 1 heterocycles. The van der Waals surface area contributed by atoms with Gasteiger partial charge in [-0.05, 0) is 45.1 Å². The zero-order valence-corrected chi connectivity index (χ0v) is 9.63. The first-order valence-electron chi connectivity index (χ1n) is 6.27. The Bertz CT molecular complexity index is 181. The highest BCUT2D eigenvalue weighted by Crippen LogP contribution is 2.38. The molecule has 0 aromatic heterocycles. The molecule has 1 aliphatic heterocycles. The van der Waals surface area contributed by atoms with Crippen molar-refractivity contribution < 1.29 is 0 Å². The van der Waals surface area contributed by atoms with Crippen LogP contribution in [-0.4, -0.2) is 36.6 Å². The average molecular weight is 196 g/mol. The van der Waals surface area contributed by atoms with E-state index in [0.29, 0.717) is 0 Å². The molecule has 2 rings (SSSR count). The maximum atomic E-state index is 3.53. The van der Waals surface area contributed by atoms with E-state index in [4.69, 9.17) is 0 Å². The Balaban J connectivity index is 1.72. The Morgan fingerprint density at radius 2 is 2.29 bits per heavy atom. The van der Waals surface area contributed by atoms with Gasteiger partial charge in [-0.15, -0.1) is 0 Å². The third-order valence-electron chi connectivity index (χ3n) is 3.88. The Labute approximate surface area is 88.1 Å². The monoisotopic (exact) mass is 196 g/mol. The van der Waals surface area contributed by atoms with Crippen molar-refractivity contribution in [2.75, 3.05) is 19.6 Å². The highest BCUT2D eigenvalue weighted by Gasteiger charge is 2.39. The second-order valence-electron chi connectivity index (χ2n) is 5.08. The number of rotatable bonds is 5. The molecule has 2 bridgehead atoms. The molecule has 82 valence electrons. The summed E-state index contributed by atoms with van der Waals surface area (Å²) in [5, 5.41) is 3.53. The lowest BCUT2D eigenvalue weighted by atomic mass is 10.1. The summed E-state index contributed by atoms with van der Waals surface area (Å²) in [5.41, 5.74) is 0. The van der Waals surface area contributed by atoms with Crippen molar-refractivity contribution in [3.63, 3.8) is 0 Å². The second-order valence-corrected chi connectivity index (χ2v) is 5.08. The van der Waals surface area contributed by atoms with Crippen LogP contribution in [0.2, 0.25) is 0 Å². The van der Waals surface area contributed by atoms with Gasteiger partial charge in [0.2, 0.25) is 0 Å². The quantitative estimate of drug-likeness (QED) is 0.675. The molecule has 0 radical (unpaired) electrons. The molecule has 3 unspecified atom stereocenters. The third-order valence-corrected chi connectivity index (χ3v) is 3.88. The van der Waals surface area contributed by atoms with Crippen LogP contribution in [0.15, 0.2) is 0 Å². The first-order valence-corrected chi connectivity index (χ1v) is 6.27. The van der Waals surface area contributed by atoms with Crippen molar-refractivity contribution >= 4 is 0 Å². The van der Waals surface area contributed by atoms with E-state index in [-0.39, 0.29) is 0 Å². The molecule has 0 spiro atoms. The van der Waals surface area contributed by atoms with Crippen LogP contribution < -0.4 is 5.32 Å². The number of likely N-dealkylation sites (tertiary alicyclic amines) is 1. The van der Waals surface area contributed by atoms with E-state index < -0.39 is 0 Å². The minimum Gasteiger partial charge on any atom is -0.315 e. The molecule has 2 heteroatoms. The second kappa shape index (κ2) is 4.63. The van der Waals surface area contributed by atoms with Crippen LogP contribution in [0.25, 0.3) is 0 Å². The predicted molar refractivity (Wildman–Crippen MR) is 60.5 cm³/mol. The van der Waals surface area contributed by atoms with E-state index in [9.17, 15) is 0 Å². The van der Waals surface area contributed by atoms with Crippen molar-refractivity contribution in [2.45, 2.75) is 51.6 Å². The fourth-order valence-electron chi connectivity index (χ4n) is 3.11. The molecular weight excluding hydrogens is 172 g/mol. The van der Waals surface area contributed by atoms with Gasteiger partial charge in [-0.3, -0.25) is 4.90 Å². The van der Waals surface area contributed by atoms with Crippen molar-refractivity contribution in [1.82, 2.24) is 10.2 Å². The van der Waals surface area contributed by atoms with Crippen molar-refractivity contribution in [3.8, 4) is 0 Å². The lowest BCUT2D eigenvalue weighted by Gasteiger charge is -2.32. The van der Waals surface area contributed by atoms with E-state index in [1.54, 1.807) is 0 Å². The van der Waals surface area contributed by atoms with E-state index in [0.717, 1.165) is 18.0 Å². The van der Waals surface area contributed by atoms with Crippen LogP contribution in [0, 0.1) is 5.92 Å². The van der Waals surface area contributed by atoms with Gasteiger partial charge in [-0.25, -0.2) is 0 Å². The Hall–Kier alpha value is -0.0800. The SMILES string of the molecule is CCCNCC(C)N1CC2CCC1C2. The van der Waals surface area contributed by atoms with Gasteiger partial charge >= 0.3 is 0 Å². The summed E-state index contributed by atoms with van der Waals surface area (Å²) in [7, 11) is 0. The lowest BCUT2D eigenvalue weighted by molar-refractivity contribution is 0.157. The zero-order chi connectivity index (χ0) is 9.97. The van der Waals surface area contributed by atoms with E-state index in [1.165, 1.54) is 45.3 Å². The summed E-state index contributed by atoms with van der Waals surface area (Å²) >= 11 is 0. The van der Waals surface area contributed by atoms with Crippen LogP contribution in [-0.2, 0) is 0 Å². The fourth-order valence-corrected chi connectivity index (χ4v) is 3.11. The molecule has 2 aliphatic rings. The van der Waals surface area contributed by atoms with Gasteiger partial charge in [0.05, 0.1) is 0 Å². The molecule has 1 aliphatic carbocycles. The maximum Gasteiger partial charge on any atom is 0.0195 e. The Morgan fingerprint density at radius 3 is 2.86 bits per heavy atom. The summed E-state index contributed by atoms with van der Waals surface area (Å²) in [6.07, 6.45) is 5.69. The summed E-state index contributed by atoms with van der Waals surface area (Å²) < 4.78 is 0. The Morgan fingerprint density at radius 1 is 1.43 bits per heavy atom. The summed E-state index contributed by atoms with van der Waals surface area (Å²) in [4.78, 5) is 2.73. The molecule has 0 aromatic carbocycles. The molecule has 14 heavy (non-hydrogen) atoms. The van der Waals surface area contributed by atoms with E-state index in [2.05, 4.69) is 24.1 Å². The fraction of sp³-hybridized carbons (Fsp3) is 1.00. The van der Waals surface area contributed by atoms with Crippen LogP contribution in [0.4, 0.5) is 0 Å². The number of hydrogen-bond acceptors (Lipinski definition) is 2. The van der Waals surface area contributed by atoms with Gasteiger partial charge in [0, 0.05) is 25.2 Å². The minimum absolute atomic E-state index is 0.747. The highest BCUT2D eigenvalue weighted by molar-refractivity contribution is 4.94. The summed E-state index contributed by atoms with van der Waals surface area (Å²) in [5.74, 6) is 1.04. The van der Waals surface area contributed by atoms with Crippen LogP contribution in [0.5, 0.6) is 0 Å². The standard InChI is InChI=1S/C12H24N2/c1-3-6-13-8-10(2)14-9-11-4-5-12(14)7-11/h10-13H,3-9H2,1-2H3. The van der Waals surface area contributed by atoms with E-state index >= 15 is 0 Å². The van der Waals surface area contributed by atoms with Gasteiger partial charge in [0.15, 0.2) is 0 Å². The topological polar surface area (TPSA) is 15.3 Å². The predicted octanol–water partition coefficient (Wildman–Crippen LogP) is 1.86. The Kier molecular flexibility index (Phi) is 3.45. The number of fused-ring (bicyclic) bond motifs is 2. The lowest BCUT2D eigenvalue weighted by Crippen LogP contribution is -2.44. The zero-order valence-electron chi connectivity index (χ0n) is 9.63. The summed E-state index contributed by atoms with van der Waals surface area (Å²) in [6, 6.07) is 1.68. The van der Waals surface area contributed by atoms with Gasteiger partial charge in [-0.2, -0.15) is 0 Å².